The van der Waals surface area contributed by atoms with E-state index in [0.717, 1.165) is 39.3 Å². The Morgan fingerprint density at radius 2 is 2.03 bits per heavy atom. The van der Waals surface area contributed by atoms with Gasteiger partial charge in [-0.05, 0) is 62.8 Å². The zero-order chi connectivity index (χ0) is 22.2. The Kier molecular flexibility index (Phi) is 5.75. The minimum Gasteiger partial charge on any atom is -0.350 e. The van der Waals surface area contributed by atoms with Crippen LogP contribution < -0.4 is 10.6 Å². The largest absolute Gasteiger partial charge is 0.350 e. The molecule has 166 valence electrons. The Morgan fingerprint density at radius 3 is 2.88 bits per heavy atom. The molecule has 3 heterocycles. The van der Waals surface area contributed by atoms with Crippen molar-refractivity contribution in [3.63, 3.8) is 0 Å². The van der Waals surface area contributed by atoms with Gasteiger partial charge in [0, 0.05) is 30.2 Å². The van der Waals surface area contributed by atoms with Crippen LogP contribution in [0.4, 0.5) is 11.1 Å². The molecule has 0 aliphatic carbocycles. The number of aryl methyl sites for hydroxylation is 1. The van der Waals surface area contributed by atoms with E-state index in [1.807, 2.05) is 48.0 Å². The van der Waals surface area contributed by atoms with Gasteiger partial charge in [0.1, 0.15) is 0 Å². The highest BCUT2D eigenvalue weighted by Gasteiger charge is 2.20. The van der Waals surface area contributed by atoms with Crippen LogP contribution in [-0.2, 0) is 7.05 Å². The molecule has 9 heteroatoms. The van der Waals surface area contributed by atoms with E-state index in [9.17, 15) is 4.79 Å². The molecule has 0 spiro atoms. The smallest absolute Gasteiger partial charge is 0.251 e. The Balaban J connectivity index is 1.33. The second-order valence-corrected chi connectivity index (χ2v) is 9.76. The summed E-state index contributed by atoms with van der Waals surface area (Å²) >= 11 is 7.61. The Hall–Kier alpha value is -2.68. The number of piperidine rings is 1. The van der Waals surface area contributed by atoms with Crippen LogP contribution in [0.25, 0.3) is 21.3 Å². The SMILES string of the molecule is CN1CCCCC1CNC(=O)c1ccc2c(c1)nc(Nc1nc3ccc(Cl)cc3s1)n2C. The number of nitrogens with zero attached hydrogens (tertiary/aromatic N) is 4. The first-order valence-corrected chi connectivity index (χ1v) is 12.0. The van der Waals surface area contributed by atoms with Gasteiger partial charge in [0.25, 0.3) is 5.91 Å². The number of hydrogen-bond acceptors (Lipinski definition) is 6. The molecule has 2 aromatic carbocycles. The molecule has 7 nitrogen and oxygen atoms in total. The Labute approximate surface area is 195 Å². The number of aromatic nitrogens is 3. The topological polar surface area (TPSA) is 75.1 Å². The fourth-order valence-electron chi connectivity index (χ4n) is 4.22. The summed E-state index contributed by atoms with van der Waals surface area (Å²) in [6.07, 6.45) is 3.59. The molecule has 2 aromatic heterocycles. The van der Waals surface area contributed by atoms with Gasteiger partial charge in [-0.2, -0.15) is 0 Å². The third-order valence-corrected chi connectivity index (χ3v) is 7.30. The number of carbonyl (C=O) groups excluding carboxylic acids is 1. The van der Waals surface area contributed by atoms with Crippen LogP contribution in [0.1, 0.15) is 29.6 Å². The molecule has 0 saturated carbocycles. The molecule has 4 aromatic rings. The molecule has 5 rings (SSSR count). The lowest BCUT2D eigenvalue weighted by molar-refractivity contribution is 0.0928. The average molecular weight is 469 g/mol. The number of likely N-dealkylation sites (N-methyl/N-ethyl adjacent to an activating group) is 1. The average Bonchev–Trinajstić information content (AvgIpc) is 3.32. The van der Waals surface area contributed by atoms with Crippen LogP contribution >= 0.6 is 22.9 Å². The number of carbonyl (C=O) groups is 1. The number of fused-ring (bicyclic) bond motifs is 2. The van der Waals surface area contributed by atoms with E-state index in [-0.39, 0.29) is 5.91 Å². The maximum absolute atomic E-state index is 12.7. The van der Waals surface area contributed by atoms with Crippen molar-refractivity contribution in [3.8, 4) is 0 Å². The van der Waals surface area contributed by atoms with Gasteiger partial charge in [0.2, 0.25) is 5.95 Å². The molecule has 0 radical (unpaired) electrons. The lowest BCUT2D eigenvalue weighted by Crippen LogP contribution is -2.44. The fraction of sp³-hybridized carbons (Fsp3) is 0.348. The summed E-state index contributed by atoms with van der Waals surface area (Å²) in [7, 11) is 4.07. The molecule has 0 bridgehead atoms. The van der Waals surface area contributed by atoms with Gasteiger partial charge in [-0.1, -0.05) is 29.4 Å². The standard InChI is InChI=1S/C23H25ClN6OS/c1-29-10-4-3-5-16(29)13-25-21(31)14-6-9-19-18(11-14)26-22(30(19)2)28-23-27-17-8-7-15(24)12-20(17)32-23/h6-9,11-12,16H,3-5,10,13H2,1-2H3,(H,25,31)(H,26,27,28). The lowest BCUT2D eigenvalue weighted by atomic mass is 10.0. The summed E-state index contributed by atoms with van der Waals surface area (Å²) in [4.78, 5) is 24.4. The second kappa shape index (κ2) is 8.69. The zero-order valence-corrected chi connectivity index (χ0v) is 19.6. The summed E-state index contributed by atoms with van der Waals surface area (Å²) in [5, 5.41) is 7.83. The van der Waals surface area contributed by atoms with E-state index >= 15 is 0 Å². The molecule has 1 amide bonds. The number of rotatable bonds is 5. The van der Waals surface area contributed by atoms with Crippen molar-refractivity contribution in [1.29, 1.82) is 0 Å². The van der Waals surface area contributed by atoms with Gasteiger partial charge < -0.3 is 20.1 Å². The van der Waals surface area contributed by atoms with Gasteiger partial charge in [-0.25, -0.2) is 9.97 Å². The Morgan fingerprint density at radius 1 is 1.16 bits per heavy atom. The van der Waals surface area contributed by atoms with Crippen LogP contribution in [0.2, 0.25) is 5.02 Å². The van der Waals surface area contributed by atoms with Gasteiger partial charge >= 0.3 is 0 Å². The first-order valence-electron chi connectivity index (χ1n) is 10.8. The molecule has 1 atom stereocenters. The maximum atomic E-state index is 12.7. The predicted octanol–water partition coefficient (Wildman–Crippen LogP) is 4.79. The van der Waals surface area contributed by atoms with Crippen molar-refractivity contribution in [2.24, 2.45) is 7.05 Å². The van der Waals surface area contributed by atoms with Gasteiger partial charge in [-0.3, -0.25) is 4.79 Å². The number of hydrogen-bond donors (Lipinski definition) is 2. The highest BCUT2D eigenvalue weighted by atomic mass is 35.5. The zero-order valence-electron chi connectivity index (χ0n) is 18.1. The van der Waals surface area contributed by atoms with Crippen LogP contribution in [0.3, 0.4) is 0 Å². The van der Waals surface area contributed by atoms with Crippen molar-refractivity contribution < 1.29 is 4.79 Å². The third-order valence-electron chi connectivity index (χ3n) is 6.13. The van der Waals surface area contributed by atoms with Crippen molar-refractivity contribution in [2.75, 3.05) is 25.5 Å². The van der Waals surface area contributed by atoms with Crippen LogP contribution in [-0.4, -0.2) is 51.5 Å². The number of halogens is 1. The minimum atomic E-state index is -0.0610. The highest BCUT2D eigenvalue weighted by molar-refractivity contribution is 7.22. The highest BCUT2D eigenvalue weighted by Crippen LogP contribution is 2.31. The van der Waals surface area contributed by atoms with E-state index in [1.54, 1.807) is 0 Å². The molecule has 1 aliphatic heterocycles. The quantitative estimate of drug-likeness (QED) is 0.440. The van der Waals surface area contributed by atoms with E-state index in [1.165, 1.54) is 24.2 Å². The number of thiazole rings is 1. The Bertz CT molecular complexity index is 1300. The summed E-state index contributed by atoms with van der Waals surface area (Å²) in [6, 6.07) is 11.7. The van der Waals surface area contributed by atoms with Crippen molar-refractivity contribution >= 4 is 61.2 Å². The van der Waals surface area contributed by atoms with E-state index in [0.29, 0.717) is 29.1 Å². The summed E-state index contributed by atoms with van der Waals surface area (Å²) in [5.41, 5.74) is 3.22. The summed E-state index contributed by atoms with van der Waals surface area (Å²) in [6.45, 7) is 1.77. The summed E-state index contributed by atoms with van der Waals surface area (Å²) < 4.78 is 2.98. The lowest BCUT2D eigenvalue weighted by Gasteiger charge is -2.32. The predicted molar refractivity (Wildman–Crippen MR) is 131 cm³/mol. The number of likely N-dealkylation sites (tertiary alicyclic amines) is 1. The van der Waals surface area contributed by atoms with Crippen LogP contribution in [0.15, 0.2) is 36.4 Å². The molecular formula is C23H25ClN6OS. The minimum absolute atomic E-state index is 0.0610. The molecule has 1 aliphatic rings. The van der Waals surface area contributed by atoms with Crippen molar-refractivity contribution in [3.05, 3.63) is 47.0 Å². The number of amides is 1. The number of benzene rings is 2. The van der Waals surface area contributed by atoms with E-state index in [2.05, 4.69) is 27.6 Å². The van der Waals surface area contributed by atoms with Crippen molar-refractivity contribution in [1.82, 2.24) is 24.8 Å². The van der Waals surface area contributed by atoms with Gasteiger partial charge in [0.05, 0.1) is 21.3 Å². The molecule has 32 heavy (non-hydrogen) atoms. The first kappa shape index (κ1) is 21.2. The third kappa shape index (κ3) is 4.18. The molecule has 1 saturated heterocycles. The van der Waals surface area contributed by atoms with Crippen LogP contribution in [0, 0.1) is 0 Å². The molecule has 2 N–H and O–H groups in total. The van der Waals surface area contributed by atoms with Crippen molar-refractivity contribution in [2.45, 2.75) is 25.3 Å². The molecular weight excluding hydrogens is 444 g/mol. The van der Waals surface area contributed by atoms with Gasteiger partial charge in [-0.15, -0.1) is 0 Å². The van der Waals surface area contributed by atoms with E-state index < -0.39 is 0 Å². The number of anilines is 2. The molecule has 1 unspecified atom stereocenters. The normalized spacial score (nSPS) is 17.2. The maximum Gasteiger partial charge on any atom is 0.251 e. The summed E-state index contributed by atoms with van der Waals surface area (Å²) in [5.74, 6) is 0.612. The van der Waals surface area contributed by atoms with E-state index in [4.69, 9.17) is 16.6 Å². The van der Waals surface area contributed by atoms with Crippen LogP contribution in [0.5, 0.6) is 0 Å². The monoisotopic (exact) mass is 468 g/mol. The van der Waals surface area contributed by atoms with Gasteiger partial charge in [0.15, 0.2) is 5.13 Å². The second-order valence-electron chi connectivity index (χ2n) is 8.29. The fourth-order valence-corrected chi connectivity index (χ4v) is 5.35. The number of imidazole rings is 1. The molecule has 1 fully saturated rings. The first-order chi connectivity index (χ1) is 15.5. The number of nitrogens with one attached hydrogen (secondary N) is 2.